The highest BCUT2D eigenvalue weighted by molar-refractivity contribution is 5.91. The Hall–Kier alpha value is -2.78. The highest BCUT2D eigenvalue weighted by Crippen LogP contribution is 2.11. The quantitative estimate of drug-likeness (QED) is 0.212. The molecule has 1 aromatic carbocycles. The predicted octanol–water partition coefficient (Wildman–Crippen LogP) is 0.571. The van der Waals surface area contributed by atoms with E-state index in [0.29, 0.717) is 32.2 Å². The summed E-state index contributed by atoms with van der Waals surface area (Å²) in [7, 11) is 0. The van der Waals surface area contributed by atoms with Crippen molar-refractivity contribution >= 4 is 23.5 Å². The molecule has 0 saturated carbocycles. The summed E-state index contributed by atoms with van der Waals surface area (Å²) < 4.78 is 0. The number of hydrogen-bond acceptors (Lipinski definition) is 6. The van der Waals surface area contributed by atoms with Gasteiger partial charge in [-0.2, -0.15) is 0 Å². The Labute approximate surface area is 195 Å². The van der Waals surface area contributed by atoms with Crippen molar-refractivity contribution in [1.82, 2.24) is 10.6 Å². The van der Waals surface area contributed by atoms with Gasteiger partial charge in [-0.25, -0.2) is 0 Å². The summed E-state index contributed by atoms with van der Waals surface area (Å²) in [5, 5.41) is 14.6. The molecule has 3 amide bonds. The number of amides is 3. The Bertz CT molecular complexity index is 756. The first kappa shape index (κ1) is 28.3. The molecule has 0 aliphatic heterocycles. The average Bonchev–Trinajstić information content (AvgIpc) is 2.80. The molecule has 9 heteroatoms. The van der Waals surface area contributed by atoms with Crippen LogP contribution < -0.4 is 22.1 Å². The fourth-order valence-corrected chi connectivity index (χ4v) is 3.40. The van der Waals surface area contributed by atoms with E-state index in [0.717, 1.165) is 18.4 Å². The number of primary amides is 1. The van der Waals surface area contributed by atoms with Gasteiger partial charge in [-0.15, -0.1) is 0 Å². The molecule has 0 radical (unpaired) electrons. The summed E-state index contributed by atoms with van der Waals surface area (Å²) in [5.74, 6) is -1.43. The molecular weight excluding hydrogens is 424 g/mol. The number of aliphatic hydroxyl groups excluding tert-OH is 1. The van der Waals surface area contributed by atoms with Gasteiger partial charge in [0.2, 0.25) is 17.7 Å². The lowest BCUT2D eigenvalue weighted by atomic mass is 9.98. The van der Waals surface area contributed by atoms with Crippen LogP contribution in [-0.4, -0.2) is 53.8 Å². The second-order valence-electron chi connectivity index (χ2n) is 8.21. The van der Waals surface area contributed by atoms with Crippen LogP contribution in [0.25, 0.3) is 0 Å². The van der Waals surface area contributed by atoms with E-state index in [1.807, 2.05) is 37.3 Å². The second kappa shape index (κ2) is 15.9. The van der Waals surface area contributed by atoms with Gasteiger partial charge in [-0.05, 0) is 37.7 Å². The van der Waals surface area contributed by atoms with Crippen molar-refractivity contribution in [3.8, 4) is 0 Å². The minimum Gasteiger partial charge on any atom is -0.394 e. The number of hydrogen-bond donors (Lipinski definition) is 5. The van der Waals surface area contributed by atoms with E-state index in [1.54, 1.807) is 0 Å². The predicted molar refractivity (Wildman–Crippen MR) is 126 cm³/mol. The zero-order valence-electron chi connectivity index (χ0n) is 19.4. The Morgan fingerprint density at radius 3 is 2.33 bits per heavy atom. The topological polar surface area (TPSA) is 165 Å². The van der Waals surface area contributed by atoms with Gasteiger partial charge in [0.25, 0.3) is 0 Å². The molecule has 0 aliphatic rings. The van der Waals surface area contributed by atoms with Crippen molar-refractivity contribution in [3.63, 3.8) is 0 Å². The first-order chi connectivity index (χ1) is 15.8. The van der Waals surface area contributed by atoms with Gasteiger partial charge in [-0.3, -0.25) is 19.2 Å². The van der Waals surface area contributed by atoms with Gasteiger partial charge in [0.15, 0.2) is 5.78 Å². The third-order valence-electron chi connectivity index (χ3n) is 5.56. The van der Waals surface area contributed by atoms with Crippen molar-refractivity contribution < 1.29 is 24.3 Å². The lowest BCUT2D eigenvalue weighted by Gasteiger charge is -2.20. The molecular formula is C24H38N4O5. The summed E-state index contributed by atoms with van der Waals surface area (Å²) in [6, 6.07) is 7.58. The zero-order chi connectivity index (χ0) is 24.6. The monoisotopic (exact) mass is 462 g/mol. The number of ketones is 1. The van der Waals surface area contributed by atoms with Crippen LogP contribution in [0, 0.1) is 5.92 Å². The highest BCUT2D eigenvalue weighted by Gasteiger charge is 2.23. The number of nitrogens with one attached hydrogen (secondary N) is 2. The Morgan fingerprint density at radius 2 is 1.73 bits per heavy atom. The van der Waals surface area contributed by atoms with Crippen LogP contribution in [-0.2, 0) is 25.6 Å². The van der Waals surface area contributed by atoms with E-state index < -0.39 is 24.6 Å². The molecule has 0 fully saturated rings. The Kier molecular flexibility index (Phi) is 13.6. The molecule has 0 aromatic heterocycles. The van der Waals surface area contributed by atoms with E-state index in [2.05, 4.69) is 10.6 Å². The maximum absolute atomic E-state index is 12.7. The van der Waals surface area contributed by atoms with Crippen LogP contribution in [0.1, 0.15) is 57.4 Å². The molecule has 0 aliphatic carbocycles. The van der Waals surface area contributed by atoms with Crippen LogP contribution >= 0.6 is 0 Å². The van der Waals surface area contributed by atoms with Gasteiger partial charge >= 0.3 is 0 Å². The molecule has 1 aromatic rings. The third kappa shape index (κ3) is 11.6. The molecule has 0 saturated heterocycles. The van der Waals surface area contributed by atoms with E-state index in [4.69, 9.17) is 16.6 Å². The number of nitrogens with two attached hydrogens (primary N) is 2. The molecule has 0 bridgehead atoms. The fraction of sp³-hybridized carbons (Fsp3) is 0.583. The molecule has 33 heavy (non-hydrogen) atoms. The first-order valence-electron chi connectivity index (χ1n) is 11.6. The lowest BCUT2D eigenvalue weighted by Crippen LogP contribution is -2.50. The van der Waals surface area contributed by atoms with E-state index in [1.165, 1.54) is 0 Å². The van der Waals surface area contributed by atoms with Crippen LogP contribution in [0.15, 0.2) is 30.3 Å². The Balaban J connectivity index is 2.39. The summed E-state index contributed by atoms with van der Waals surface area (Å²) in [4.78, 5) is 47.9. The molecule has 9 nitrogen and oxygen atoms in total. The molecule has 0 heterocycles. The molecule has 3 atom stereocenters. The van der Waals surface area contributed by atoms with Crippen molar-refractivity contribution in [2.24, 2.45) is 17.4 Å². The minimum absolute atomic E-state index is 0.0987. The fourth-order valence-electron chi connectivity index (χ4n) is 3.40. The SMILES string of the molecule is CCC(CCC(=O)NCCCCCC(=O)C(Cc1ccccc1)NC(=O)C(N)CO)C(N)=O. The van der Waals surface area contributed by atoms with Gasteiger partial charge < -0.3 is 27.2 Å². The molecule has 0 spiro atoms. The van der Waals surface area contributed by atoms with Gasteiger partial charge in [-0.1, -0.05) is 43.7 Å². The van der Waals surface area contributed by atoms with Crippen molar-refractivity contribution in [2.75, 3.05) is 13.2 Å². The lowest BCUT2D eigenvalue weighted by molar-refractivity contribution is -0.129. The van der Waals surface area contributed by atoms with Crippen molar-refractivity contribution in [1.29, 1.82) is 0 Å². The minimum atomic E-state index is -1.07. The maximum Gasteiger partial charge on any atom is 0.239 e. The summed E-state index contributed by atoms with van der Waals surface area (Å²) >= 11 is 0. The number of carbonyl (C=O) groups excluding carboxylic acids is 4. The van der Waals surface area contributed by atoms with E-state index >= 15 is 0 Å². The van der Waals surface area contributed by atoms with E-state index in [-0.39, 0.29) is 36.4 Å². The average molecular weight is 463 g/mol. The summed E-state index contributed by atoms with van der Waals surface area (Å²) in [5.41, 5.74) is 11.8. The summed E-state index contributed by atoms with van der Waals surface area (Å²) in [6.07, 6.45) is 4.05. The van der Waals surface area contributed by atoms with Crippen LogP contribution in [0.4, 0.5) is 0 Å². The number of unbranched alkanes of at least 4 members (excludes halogenated alkanes) is 2. The molecule has 7 N–H and O–H groups in total. The van der Waals surface area contributed by atoms with Crippen molar-refractivity contribution in [2.45, 2.75) is 70.4 Å². The zero-order valence-corrected chi connectivity index (χ0v) is 19.4. The molecule has 184 valence electrons. The molecule has 3 unspecified atom stereocenters. The maximum atomic E-state index is 12.7. The third-order valence-corrected chi connectivity index (χ3v) is 5.56. The van der Waals surface area contributed by atoms with Gasteiger partial charge in [0.05, 0.1) is 12.6 Å². The van der Waals surface area contributed by atoms with Crippen LogP contribution in [0.3, 0.4) is 0 Å². The van der Waals surface area contributed by atoms with Gasteiger partial charge in [0.1, 0.15) is 6.04 Å². The standard InChI is InChI=1S/C24H38N4O5/c1-2-18(23(26)32)12-13-22(31)27-14-8-4-7-11-21(30)20(28-24(33)19(25)16-29)15-17-9-5-3-6-10-17/h3,5-6,9-10,18-20,29H,2,4,7-8,11-16,25H2,1H3,(H2,26,32)(H,27,31)(H,28,33). The van der Waals surface area contributed by atoms with E-state index in [9.17, 15) is 19.2 Å². The normalized spacial score (nSPS) is 13.5. The number of Topliss-reactive ketones (excluding diaryl/α,β-unsaturated/α-hetero) is 1. The highest BCUT2D eigenvalue weighted by atomic mass is 16.3. The summed E-state index contributed by atoms with van der Waals surface area (Å²) in [6.45, 7) is 1.87. The number of rotatable bonds is 17. The van der Waals surface area contributed by atoms with Crippen molar-refractivity contribution in [3.05, 3.63) is 35.9 Å². The largest absolute Gasteiger partial charge is 0.394 e. The number of aliphatic hydroxyl groups is 1. The van der Waals surface area contributed by atoms with Gasteiger partial charge in [0, 0.05) is 25.3 Å². The number of benzene rings is 1. The molecule has 1 rings (SSSR count). The van der Waals surface area contributed by atoms with Crippen LogP contribution in [0.2, 0.25) is 0 Å². The first-order valence-corrected chi connectivity index (χ1v) is 11.6. The smallest absolute Gasteiger partial charge is 0.239 e. The Morgan fingerprint density at radius 1 is 1.03 bits per heavy atom. The van der Waals surface area contributed by atoms with Crippen LogP contribution in [0.5, 0.6) is 0 Å². The second-order valence-corrected chi connectivity index (χ2v) is 8.21. The number of carbonyl (C=O) groups is 4.